The van der Waals surface area contributed by atoms with Crippen LogP contribution in [0.4, 0.5) is 0 Å². The Labute approximate surface area is 344 Å². The number of carbonyl (C=O) groups is 2. The largest absolute Gasteiger partial charge is 0.352 e. The van der Waals surface area contributed by atoms with Gasteiger partial charge in [0.05, 0.1) is 12.7 Å². The van der Waals surface area contributed by atoms with E-state index in [1.165, 1.54) is 23.9 Å². The number of nitrogens with one attached hydrogen (secondary N) is 2. The van der Waals surface area contributed by atoms with Gasteiger partial charge in [0.2, 0.25) is 11.8 Å². The monoisotopic (exact) mass is 828 g/mol. The number of aryl methyl sites for hydroxylation is 2. The minimum Gasteiger partial charge on any atom is -0.352 e. The molecule has 0 atom stereocenters. The van der Waals surface area contributed by atoms with Crippen molar-refractivity contribution in [3.63, 3.8) is 0 Å². The molecule has 280 valence electrons. The summed E-state index contributed by atoms with van der Waals surface area (Å²) in [5, 5.41) is 7.94. The highest BCUT2D eigenvalue weighted by Crippen LogP contribution is 2.43. The summed E-state index contributed by atoms with van der Waals surface area (Å²) in [6.45, 7) is 2.49. The predicted octanol–water partition coefficient (Wildman–Crippen LogP) is 10.6. The number of rotatable bonds is 16. The highest BCUT2D eigenvalue weighted by Gasteiger charge is 2.17. The van der Waals surface area contributed by atoms with Crippen LogP contribution in [0.3, 0.4) is 0 Å². The Hall–Kier alpha value is -4.77. The Kier molecular flexibility index (Phi) is 14.3. The highest BCUT2D eigenvalue weighted by atomic mass is 35.5. The minimum atomic E-state index is -0.224. The molecule has 0 unspecified atom stereocenters. The number of aromatic nitrogens is 4. The molecule has 2 heterocycles. The lowest BCUT2D eigenvalue weighted by atomic mass is 9.99. The Morgan fingerprint density at radius 2 is 1.07 bits per heavy atom. The molecule has 0 bridgehead atoms. The number of halogens is 4. The molecule has 6 aromatic rings. The maximum absolute atomic E-state index is 13.1. The maximum atomic E-state index is 13.1. The first-order valence-corrected chi connectivity index (χ1v) is 19.8. The third kappa shape index (κ3) is 11.2. The van der Waals surface area contributed by atoms with E-state index in [1.807, 2.05) is 70.1 Å². The number of benzene rings is 4. The van der Waals surface area contributed by atoms with Gasteiger partial charge >= 0.3 is 0 Å². The summed E-state index contributed by atoms with van der Waals surface area (Å²) in [4.78, 5) is 36.0. The van der Waals surface area contributed by atoms with Crippen molar-refractivity contribution in [2.75, 3.05) is 13.1 Å². The quantitative estimate of drug-likeness (QED) is 0.0749. The van der Waals surface area contributed by atoms with Crippen molar-refractivity contribution >= 4 is 82.1 Å². The van der Waals surface area contributed by atoms with Crippen molar-refractivity contribution < 1.29 is 9.59 Å². The molecule has 0 radical (unpaired) electrons. The lowest BCUT2D eigenvalue weighted by Crippen LogP contribution is -2.23. The average Bonchev–Trinajstić information content (AvgIpc) is 3.89. The smallest absolute Gasteiger partial charge is 0.244 e. The minimum absolute atomic E-state index is 0.224. The fraction of sp³-hybridized carbons (Fsp3) is 0.143. The Morgan fingerprint density at radius 1 is 0.618 bits per heavy atom. The van der Waals surface area contributed by atoms with E-state index in [0.717, 1.165) is 69.1 Å². The number of nitrogens with zero attached hydrogens (tertiary/aromatic N) is 4. The molecule has 2 aromatic heterocycles. The van der Waals surface area contributed by atoms with Gasteiger partial charge in [-0.3, -0.25) is 9.59 Å². The summed E-state index contributed by atoms with van der Waals surface area (Å²) in [5.74, 6) is -0.449. The maximum Gasteiger partial charge on any atom is 0.244 e. The molecule has 8 nitrogen and oxygen atoms in total. The van der Waals surface area contributed by atoms with Gasteiger partial charge in [-0.15, -0.1) is 0 Å². The van der Waals surface area contributed by atoms with E-state index in [-0.39, 0.29) is 11.8 Å². The van der Waals surface area contributed by atoms with Crippen LogP contribution in [-0.4, -0.2) is 44.0 Å². The van der Waals surface area contributed by atoms with Crippen molar-refractivity contribution in [2.45, 2.75) is 35.7 Å². The van der Waals surface area contributed by atoms with Crippen molar-refractivity contribution in [3.8, 4) is 22.3 Å². The van der Waals surface area contributed by atoms with E-state index in [0.29, 0.717) is 33.2 Å². The van der Waals surface area contributed by atoms with Crippen molar-refractivity contribution in [3.05, 3.63) is 154 Å². The molecular formula is C42H36Cl4N6O2S. The molecule has 0 spiro atoms. The van der Waals surface area contributed by atoms with Gasteiger partial charge in [0.25, 0.3) is 0 Å². The summed E-state index contributed by atoms with van der Waals surface area (Å²) < 4.78 is 3.93. The Bertz CT molecular complexity index is 2150. The van der Waals surface area contributed by atoms with Gasteiger partial charge in [0.15, 0.2) is 0 Å². The molecule has 0 aliphatic heterocycles. The summed E-state index contributed by atoms with van der Waals surface area (Å²) in [6.07, 6.45) is 18.9. The molecule has 0 saturated heterocycles. The average molecular weight is 831 g/mol. The van der Waals surface area contributed by atoms with E-state index in [2.05, 4.69) is 20.6 Å². The first-order valence-electron chi connectivity index (χ1n) is 17.4. The zero-order valence-electron chi connectivity index (χ0n) is 29.5. The second kappa shape index (κ2) is 19.7. The molecule has 55 heavy (non-hydrogen) atoms. The van der Waals surface area contributed by atoms with Gasteiger partial charge in [0.1, 0.15) is 0 Å². The predicted molar refractivity (Wildman–Crippen MR) is 226 cm³/mol. The normalized spacial score (nSPS) is 11.4. The first-order chi connectivity index (χ1) is 26.7. The van der Waals surface area contributed by atoms with Gasteiger partial charge in [-0.1, -0.05) is 94.6 Å². The van der Waals surface area contributed by atoms with Crippen LogP contribution < -0.4 is 10.6 Å². The number of amides is 2. The van der Waals surface area contributed by atoms with E-state index < -0.39 is 0 Å². The molecule has 13 heteroatoms. The first kappa shape index (κ1) is 39.9. The van der Waals surface area contributed by atoms with Crippen molar-refractivity contribution in [1.82, 2.24) is 29.7 Å². The van der Waals surface area contributed by atoms with Crippen LogP contribution in [0.15, 0.2) is 132 Å². The van der Waals surface area contributed by atoms with Crippen LogP contribution in [0.5, 0.6) is 0 Å². The Morgan fingerprint density at radius 3 is 1.47 bits per heavy atom. The number of hydrogen-bond acceptors (Lipinski definition) is 5. The van der Waals surface area contributed by atoms with Crippen LogP contribution in [-0.2, 0) is 22.7 Å². The summed E-state index contributed by atoms with van der Waals surface area (Å²) in [7, 11) is 0. The van der Waals surface area contributed by atoms with Crippen LogP contribution in [0.25, 0.3) is 34.4 Å². The molecule has 6 rings (SSSR count). The van der Waals surface area contributed by atoms with E-state index in [9.17, 15) is 9.59 Å². The number of imidazole rings is 2. The molecule has 0 aliphatic rings. The second-order valence-corrected chi connectivity index (χ2v) is 15.1. The van der Waals surface area contributed by atoms with Crippen molar-refractivity contribution in [2.24, 2.45) is 0 Å². The second-order valence-electron chi connectivity index (χ2n) is 12.3. The summed E-state index contributed by atoms with van der Waals surface area (Å²) >= 11 is 27.5. The van der Waals surface area contributed by atoms with Crippen LogP contribution in [0, 0.1) is 0 Å². The van der Waals surface area contributed by atoms with E-state index in [4.69, 9.17) is 46.4 Å². The highest BCUT2D eigenvalue weighted by molar-refractivity contribution is 7.99. The van der Waals surface area contributed by atoms with Crippen molar-refractivity contribution in [1.29, 1.82) is 0 Å². The standard InChI is InChI=1S/C42H36Cl4N6O2S/c43-29-9-11-33(37(45)25-29)31-5-1-7-39(35(31)13-15-41(53)49-17-3-21-51-23-19-47-27-51)55-40-8-2-6-32(34-12-10-30(44)26-38(34)46)36(40)14-16-42(54)50-18-4-22-52-24-20-48-28-52/h1-2,5-16,19-20,23-28H,3-4,17-18,21-22H2,(H,49,53)(H,50,54)/b15-13+,16-14+. The zero-order valence-corrected chi connectivity index (χ0v) is 33.3. The molecule has 0 fully saturated rings. The van der Waals surface area contributed by atoms with Gasteiger partial charge in [-0.05, 0) is 83.6 Å². The third-order valence-corrected chi connectivity index (χ3v) is 10.7. The molecular weight excluding hydrogens is 794 g/mol. The van der Waals surface area contributed by atoms with Gasteiger partial charge in [-0.2, -0.15) is 0 Å². The van der Waals surface area contributed by atoms with E-state index >= 15 is 0 Å². The summed E-state index contributed by atoms with van der Waals surface area (Å²) in [5.41, 5.74) is 4.73. The Balaban J connectivity index is 1.32. The summed E-state index contributed by atoms with van der Waals surface area (Å²) in [6, 6.07) is 22.5. The van der Waals surface area contributed by atoms with Gasteiger partial charge in [-0.25, -0.2) is 9.97 Å². The molecule has 2 amide bonds. The van der Waals surface area contributed by atoms with E-state index in [1.54, 1.807) is 61.5 Å². The zero-order chi connectivity index (χ0) is 38.6. The molecule has 0 aliphatic carbocycles. The SMILES string of the molecule is O=C(/C=C/c1c(Sc2cccc(-c3ccc(Cl)cc3Cl)c2/C=C/C(=O)NCCCn2ccnc2)cccc1-c1ccc(Cl)cc1Cl)NCCCn1ccnc1. The number of hydrogen-bond donors (Lipinski definition) is 2. The lowest BCUT2D eigenvalue weighted by Gasteiger charge is -2.17. The lowest BCUT2D eigenvalue weighted by molar-refractivity contribution is -0.117. The fourth-order valence-corrected chi connectivity index (χ4v) is 7.96. The fourth-order valence-electron chi connectivity index (χ4n) is 5.83. The molecule has 2 N–H and O–H groups in total. The van der Waals surface area contributed by atoms with Crippen LogP contribution in [0.2, 0.25) is 20.1 Å². The van der Waals surface area contributed by atoms with Crippen LogP contribution >= 0.6 is 58.2 Å². The molecule has 4 aromatic carbocycles. The van der Waals surface area contributed by atoms with Gasteiger partial charge in [0, 0.05) is 104 Å². The van der Waals surface area contributed by atoms with Gasteiger partial charge < -0.3 is 19.8 Å². The number of carbonyl (C=O) groups excluding carboxylic acids is 2. The third-order valence-electron chi connectivity index (χ3n) is 8.50. The topological polar surface area (TPSA) is 93.8 Å². The van der Waals surface area contributed by atoms with Crippen LogP contribution in [0.1, 0.15) is 24.0 Å². The molecule has 0 saturated carbocycles.